The maximum absolute atomic E-state index is 2.31. The van der Waals surface area contributed by atoms with Crippen LogP contribution in [0.2, 0.25) is 0 Å². The third-order valence-corrected chi connectivity index (χ3v) is 3.28. The molecule has 0 amide bonds. The minimum Gasteiger partial charge on any atom is -0.0949 e. The molecule has 76 valence electrons. The average Bonchev–Trinajstić information content (AvgIpc) is 2.20. The van der Waals surface area contributed by atoms with E-state index in [1.165, 1.54) is 15.4 Å². The summed E-state index contributed by atoms with van der Waals surface area (Å²) in [7, 11) is 0. The summed E-state index contributed by atoms with van der Waals surface area (Å²) in [6.45, 7) is 6.52. The van der Waals surface area contributed by atoms with Crippen molar-refractivity contribution in [2.24, 2.45) is 0 Å². The van der Waals surface area contributed by atoms with Crippen molar-refractivity contribution >= 4 is 11.8 Å². The molecule has 14 heavy (non-hydrogen) atoms. The van der Waals surface area contributed by atoms with Crippen LogP contribution in [-0.2, 0) is 0 Å². The van der Waals surface area contributed by atoms with Gasteiger partial charge in [-0.2, -0.15) is 0 Å². The van der Waals surface area contributed by atoms with Gasteiger partial charge in [0.2, 0.25) is 0 Å². The van der Waals surface area contributed by atoms with Crippen molar-refractivity contribution in [2.75, 3.05) is 0 Å². The van der Waals surface area contributed by atoms with Crippen LogP contribution in [0.25, 0.3) is 0 Å². The van der Waals surface area contributed by atoms with Gasteiger partial charge in [0.1, 0.15) is 0 Å². The highest BCUT2D eigenvalue weighted by atomic mass is 32.2. The second-order valence-electron chi connectivity index (χ2n) is 3.35. The van der Waals surface area contributed by atoms with Crippen molar-refractivity contribution in [1.82, 2.24) is 0 Å². The molecule has 1 heteroatoms. The molecule has 0 aliphatic rings. The number of hydrogen-bond acceptors (Lipinski definition) is 1. The highest BCUT2D eigenvalue weighted by Crippen LogP contribution is 2.28. The van der Waals surface area contributed by atoms with E-state index in [1.54, 1.807) is 0 Å². The van der Waals surface area contributed by atoms with Crippen LogP contribution in [0.15, 0.2) is 40.1 Å². The quantitative estimate of drug-likeness (QED) is 0.638. The fourth-order valence-electron chi connectivity index (χ4n) is 1.24. The molecular weight excluding hydrogens is 188 g/mol. The van der Waals surface area contributed by atoms with Gasteiger partial charge in [0.25, 0.3) is 0 Å². The maximum Gasteiger partial charge on any atom is 0.0119 e. The Bertz CT molecular complexity index is 296. The zero-order valence-corrected chi connectivity index (χ0v) is 10.0. The summed E-state index contributed by atoms with van der Waals surface area (Å²) in [5.74, 6) is 0. The molecule has 0 atom stereocenters. The first-order chi connectivity index (χ1) is 6.76. The van der Waals surface area contributed by atoms with Gasteiger partial charge >= 0.3 is 0 Å². The first-order valence-corrected chi connectivity index (χ1v) is 6.01. The zero-order chi connectivity index (χ0) is 10.4. The predicted molar refractivity (Wildman–Crippen MR) is 65.7 cm³/mol. The van der Waals surface area contributed by atoms with Crippen molar-refractivity contribution in [3.8, 4) is 0 Å². The molecule has 1 aromatic carbocycles. The molecule has 0 fully saturated rings. The first kappa shape index (κ1) is 11.4. The van der Waals surface area contributed by atoms with Crippen LogP contribution in [-0.4, -0.2) is 0 Å². The Morgan fingerprint density at radius 3 is 2.36 bits per heavy atom. The number of thioether (sulfide) groups is 1. The number of benzene rings is 1. The van der Waals surface area contributed by atoms with E-state index in [0.29, 0.717) is 0 Å². The summed E-state index contributed by atoms with van der Waals surface area (Å²) < 4.78 is 0. The van der Waals surface area contributed by atoms with Crippen LogP contribution in [0.3, 0.4) is 0 Å². The Hall–Kier alpha value is -0.690. The summed E-state index contributed by atoms with van der Waals surface area (Å²) >= 11 is 1.88. The Morgan fingerprint density at radius 1 is 1.21 bits per heavy atom. The summed E-state index contributed by atoms with van der Waals surface area (Å²) in [6.07, 6.45) is 4.57. The number of aryl methyl sites for hydroxylation is 1. The minimum absolute atomic E-state index is 1.13. The van der Waals surface area contributed by atoms with E-state index in [-0.39, 0.29) is 0 Å². The number of hydrogen-bond donors (Lipinski definition) is 0. The van der Waals surface area contributed by atoms with Gasteiger partial charge in [0, 0.05) is 4.90 Å². The van der Waals surface area contributed by atoms with Crippen molar-refractivity contribution in [1.29, 1.82) is 0 Å². The van der Waals surface area contributed by atoms with Gasteiger partial charge in [-0.25, -0.2) is 0 Å². The highest BCUT2D eigenvalue weighted by molar-refractivity contribution is 8.03. The number of allylic oxidation sites excluding steroid dienone is 2. The van der Waals surface area contributed by atoms with E-state index in [2.05, 4.69) is 51.1 Å². The molecule has 0 spiro atoms. The fourth-order valence-corrected chi connectivity index (χ4v) is 2.21. The van der Waals surface area contributed by atoms with E-state index < -0.39 is 0 Å². The van der Waals surface area contributed by atoms with Gasteiger partial charge < -0.3 is 0 Å². The lowest BCUT2D eigenvalue weighted by Crippen LogP contribution is -1.77. The standard InChI is InChI=1S/C13H18S/c1-4-6-12(5-2)14-13-9-7-11(3)8-10-13/h6-10H,4-5H2,1-3H3. The summed E-state index contributed by atoms with van der Waals surface area (Å²) in [5, 5.41) is 0. The molecule has 1 rings (SSSR count). The topological polar surface area (TPSA) is 0 Å². The molecule has 1 aromatic rings. The molecule has 0 bridgehead atoms. The van der Waals surface area contributed by atoms with Gasteiger partial charge in [-0.1, -0.05) is 49.4 Å². The molecule has 0 radical (unpaired) electrons. The van der Waals surface area contributed by atoms with Crippen molar-refractivity contribution in [2.45, 2.75) is 38.5 Å². The normalized spacial score (nSPS) is 11.8. The highest BCUT2D eigenvalue weighted by Gasteiger charge is 1.97. The van der Waals surface area contributed by atoms with Crippen LogP contribution >= 0.6 is 11.8 Å². The summed E-state index contributed by atoms with van der Waals surface area (Å²) in [6, 6.07) is 8.72. The van der Waals surface area contributed by atoms with Crippen molar-refractivity contribution in [3.63, 3.8) is 0 Å². The molecule has 0 saturated carbocycles. The van der Waals surface area contributed by atoms with Gasteiger partial charge in [-0.05, 0) is 36.8 Å². The van der Waals surface area contributed by atoms with Crippen LogP contribution in [0.4, 0.5) is 0 Å². The minimum atomic E-state index is 1.13. The molecule has 0 heterocycles. The van der Waals surface area contributed by atoms with E-state index in [0.717, 1.165) is 12.8 Å². The Morgan fingerprint density at radius 2 is 1.86 bits per heavy atom. The smallest absolute Gasteiger partial charge is 0.0119 e. The van der Waals surface area contributed by atoms with E-state index in [9.17, 15) is 0 Å². The third-order valence-electron chi connectivity index (χ3n) is 2.05. The molecule has 0 nitrogen and oxygen atoms in total. The van der Waals surface area contributed by atoms with E-state index in [1.807, 2.05) is 11.8 Å². The Kier molecular flexibility index (Phi) is 4.81. The molecule has 0 aromatic heterocycles. The molecule has 0 unspecified atom stereocenters. The molecular formula is C13H18S. The van der Waals surface area contributed by atoms with Gasteiger partial charge in [0.15, 0.2) is 0 Å². The Balaban J connectivity index is 2.67. The zero-order valence-electron chi connectivity index (χ0n) is 9.21. The van der Waals surface area contributed by atoms with Crippen LogP contribution in [0, 0.1) is 6.92 Å². The van der Waals surface area contributed by atoms with Crippen LogP contribution < -0.4 is 0 Å². The largest absolute Gasteiger partial charge is 0.0949 e. The number of rotatable bonds is 4. The van der Waals surface area contributed by atoms with Crippen molar-refractivity contribution in [3.05, 3.63) is 40.8 Å². The predicted octanol–water partition coefficient (Wildman–Crippen LogP) is 4.79. The third kappa shape index (κ3) is 3.59. The van der Waals surface area contributed by atoms with Gasteiger partial charge in [0.05, 0.1) is 0 Å². The lowest BCUT2D eigenvalue weighted by molar-refractivity contribution is 1.14. The Labute approximate surface area is 91.4 Å². The second-order valence-corrected chi connectivity index (χ2v) is 4.55. The fraction of sp³-hybridized carbons (Fsp3) is 0.385. The SMILES string of the molecule is CCC=C(CC)Sc1ccc(C)cc1. The first-order valence-electron chi connectivity index (χ1n) is 5.19. The molecule has 0 aliphatic heterocycles. The van der Waals surface area contributed by atoms with E-state index in [4.69, 9.17) is 0 Å². The average molecular weight is 206 g/mol. The van der Waals surface area contributed by atoms with Crippen LogP contribution in [0.5, 0.6) is 0 Å². The summed E-state index contributed by atoms with van der Waals surface area (Å²) in [4.78, 5) is 2.81. The van der Waals surface area contributed by atoms with Crippen LogP contribution in [0.1, 0.15) is 32.3 Å². The van der Waals surface area contributed by atoms with Crippen molar-refractivity contribution < 1.29 is 0 Å². The maximum atomic E-state index is 2.31. The van der Waals surface area contributed by atoms with E-state index >= 15 is 0 Å². The molecule has 0 saturated heterocycles. The van der Waals surface area contributed by atoms with Gasteiger partial charge in [-0.3, -0.25) is 0 Å². The molecule has 0 aliphatic carbocycles. The monoisotopic (exact) mass is 206 g/mol. The lowest BCUT2D eigenvalue weighted by atomic mass is 10.2. The lowest BCUT2D eigenvalue weighted by Gasteiger charge is -2.04. The second kappa shape index (κ2) is 5.92. The summed E-state index contributed by atoms with van der Waals surface area (Å²) in [5.41, 5.74) is 1.33. The van der Waals surface area contributed by atoms with Gasteiger partial charge in [-0.15, -0.1) is 0 Å². The molecule has 0 N–H and O–H groups in total.